The molecule has 2 N–H and O–H groups in total. The predicted molar refractivity (Wildman–Crippen MR) is 66.5 cm³/mol. The van der Waals surface area contributed by atoms with E-state index in [-0.39, 0.29) is 0 Å². The Morgan fingerprint density at radius 1 is 1.56 bits per heavy atom. The quantitative estimate of drug-likeness (QED) is 0.852. The van der Waals surface area contributed by atoms with Crippen molar-refractivity contribution in [3.8, 4) is 10.7 Å². The minimum absolute atomic E-state index is 0.760. The van der Waals surface area contributed by atoms with Crippen molar-refractivity contribution in [2.75, 3.05) is 0 Å². The summed E-state index contributed by atoms with van der Waals surface area (Å²) in [6.45, 7) is 3.06. The predicted octanol–water partition coefficient (Wildman–Crippen LogP) is 2.70. The van der Waals surface area contributed by atoms with E-state index in [2.05, 4.69) is 28.3 Å². The maximum absolute atomic E-state index is 4.60. The van der Waals surface area contributed by atoms with Crippen molar-refractivity contribution in [1.29, 1.82) is 0 Å². The summed E-state index contributed by atoms with van der Waals surface area (Å²) in [5, 5.41) is 4.63. The molecule has 2 aromatic rings. The average Bonchev–Trinajstić information content (AvgIpc) is 2.80. The minimum atomic E-state index is 0.760. The van der Waals surface area contributed by atoms with E-state index >= 15 is 0 Å². The number of aromatic amines is 1. The van der Waals surface area contributed by atoms with Crippen molar-refractivity contribution in [2.24, 2.45) is 0 Å². The zero-order chi connectivity index (χ0) is 11.0. The van der Waals surface area contributed by atoms with Crippen molar-refractivity contribution >= 4 is 11.3 Å². The van der Waals surface area contributed by atoms with E-state index in [4.69, 9.17) is 0 Å². The Labute approximate surface area is 98.9 Å². The lowest BCUT2D eigenvalue weighted by Gasteiger charge is -1.99. The molecule has 0 atom stereocenters. The van der Waals surface area contributed by atoms with Gasteiger partial charge in [0.1, 0.15) is 5.01 Å². The third-order valence-electron chi connectivity index (χ3n) is 2.85. The molecule has 2 heterocycles. The van der Waals surface area contributed by atoms with Gasteiger partial charge in [0.15, 0.2) is 0 Å². The van der Waals surface area contributed by atoms with E-state index in [1.54, 1.807) is 11.3 Å². The lowest BCUT2D eigenvalue weighted by atomic mass is 10.4. The largest absolute Gasteiger partial charge is 0.359 e. The van der Waals surface area contributed by atoms with Gasteiger partial charge in [-0.25, -0.2) is 4.98 Å². The molecule has 0 bridgehead atoms. The highest BCUT2D eigenvalue weighted by Gasteiger charge is 2.21. The molecule has 3 nitrogen and oxygen atoms in total. The van der Waals surface area contributed by atoms with E-state index in [9.17, 15) is 0 Å². The molecule has 0 unspecified atom stereocenters. The highest BCUT2D eigenvalue weighted by atomic mass is 32.1. The van der Waals surface area contributed by atoms with Crippen molar-refractivity contribution in [2.45, 2.75) is 32.4 Å². The smallest absolute Gasteiger partial charge is 0.140 e. The first kappa shape index (κ1) is 10.1. The summed E-state index contributed by atoms with van der Waals surface area (Å²) in [5.41, 5.74) is 2.27. The second-order valence-electron chi connectivity index (χ2n) is 4.27. The van der Waals surface area contributed by atoms with Crippen LogP contribution in [-0.2, 0) is 6.54 Å². The van der Waals surface area contributed by atoms with Crippen LogP contribution in [0.25, 0.3) is 10.7 Å². The number of rotatable bonds is 4. The number of hydrogen-bond acceptors (Lipinski definition) is 3. The Morgan fingerprint density at radius 3 is 3.12 bits per heavy atom. The van der Waals surface area contributed by atoms with Crippen molar-refractivity contribution in [1.82, 2.24) is 15.3 Å². The summed E-state index contributed by atoms with van der Waals surface area (Å²) < 4.78 is 0. The normalized spacial score (nSPS) is 15.6. The fraction of sp³-hybridized carbons (Fsp3) is 0.417. The van der Waals surface area contributed by atoms with Gasteiger partial charge in [0.25, 0.3) is 0 Å². The van der Waals surface area contributed by atoms with Crippen LogP contribution in [0.1, 0.15) is 23.4 Å². The molecule has 0 radical (unpaired) electrons. The summed E-state index contributed by atoms with van der Waals surface area (Å²) in [7, 11) is 0. The van der Waals surface area contributed by atoms with Gasteiger partial charge in [-0.05, 0) is 31.9 Å². The number of aromatic nitrogens is 2. The Bertz CT molecular complexity index is 468. The van der Waals surface area contributed by atoms with Crippen LogP contribution in [0.2, 0.25) is 0 Å². The van der Waals surface area contributed by atoms with E-state index < -0.39 is 0 Å². The van der Waals surface area contributed by atoms with E-state index in [0.717, 1.165) is 29.0 Å². The van der Waals surface area contributed by atoms with Gasteiger partial charge in [-0.1, -0.05) is 0 Å². The number of hydrogen-bond donors (Lipinski definition) is 2. The molecular weight excluding hydrogens is 218 g/mol. The first-order valence-electron chi connectivity index (χ1n) is 5.66. The molecule has 0 spiro atoms. The van der Waals surface area contributed by atoms with Crippen LogP contribution in [0.5, 0.6) is 0 Å². The minimum Gasteiger partial charge on any atom is -0.359 e. The highest BCUT2D eigenvalue weighted by Crippen LogP contribution is 2.27. The number of aryl methyl sites for hydroxylation is 1. The molecule has 1 fully saturated rings. The molecule has 1 saturated carbocycles. The molecule has 16 heavy (non-hydrogen) atoms. The molecule has 84 valence electrons. The van der Waals surface area contributed by atoms with Gasteiger partial charge < -0.3 is 10.3 Å². The Balaban J connectivity index is 1.78. The topological polar surface area (TPSA) is 40.7 Å². The van der Waals surface area contributed by atoms with Crippen LogP contribution < -0.4 is 5.32 Å². The third kappa shape index (κ3) is 2.03. The summed E-state index contributed by atoms with van der Waals surface area (Å²) >= 11 is 1.78. The van der Waals surface area contributed by atoms with E-state index in [1.165, 1.54) is 17.7 Å². The van der Waals surface area contributed by atoms with E-state index in [0.29, 0.717) is 0 Å². The summed E-state index contributed by atoms with van der Waals surface area (Å²) in [6.07, 6.45) is 4.61. The van der Waals surface area contributed by atoms with Gasteiger partial charge in [-0.2, -0.15) is 0 Å². The summed E-state index contributed by atoms with van der Waals surface area (Å²) in [6, 6.07) is 4.83. The van der Waals surface area contributed by atoms with Gasteiger partial charge in [0.05, 0.1) is 11.4 Å². The van der Waals surface area contributed by atoms with Crippen LogP contribution in [0.3, 0.4) is 0 Å². The first-order chi connectivity index (χ1) is 7.83. The standard InChI is InChI=1S/C12H15N3S/c1-8-11(7-14-9-4-5-9)16-12(15-8)10-3-2-6-13-10/h2-3,6,9,13-14H,4-5,7H2,1H3. The zero-order valence-electron chi connectivity index (χ0n) is 9.29. The molecule has 4 heteroatoms. The van der Waals surface area contributed by atoms with Crippen molar-refractivity contribution in [3.05, 3.63) is 28.9 Å². The Morgan fingerprint density at radius 2 is 2.44 bits per heavy atom. The van der Waals surface area contributed by atoms with Crippen LogP contribution in [-0.4, -0.2) is 16.0 Å². The van der Waals surface area contributed by atoms with Crippen LogP contribution >= 0.6 is 11.3 Å². The van der Waals surface area contributed by atoms with Crippen LogP contribution in [0, 0.1) is 6.92 Å². The maximum atomic E-state index is 4.60. The van der Waals surface area contributed by atoms with Gasteiger partial charge >= 0.3 is 0 Å². The van der Waals surface area contributed by atoms with Gasteiger partial charge in [-0.15, -0.1) is 11.3 Å². The first-order valence-corrected chi connectivity index (χ1v) is 6.48. The van der Waals surface area contributed by atoms with Crippen LogP contribution in [0.4, 0.5) is 0 Å². The SMILES string of the molecule is Cc1nc(-c2ccc[nH]2)sc1CNC1CC1. The molecule has 2 aromatic heterocycles. The molecular formula is C12H15N3S. The molecule has 3 rings (SSSR count). The highest BCUT2D eigenvalue weighted by molar-refractivity contribution is 7.15. The van der Waals surface area contributed by atoms with Crippen molar-refractivity contribution in [3.63, 3.8) is 0 Å². The van der Waals surface area contributed by atoms with Gasteiger partial charge in [0, 0.05) is 23.7 Å². The number of nitrogens with one attached hydrogen (secondary N) is 2. The number of thiazole rings is 1. The van der Waals surface area contributed by atoms with Gasteiger partial charge in [0.2, 0.25) is 0 Å². The fourth-order valence-electron chi connectivity index (χ4n) is 1.70. The molecule has 0 amide bonds. The molecule has 0 aromatic carbocycles. The summed E-state index contributed by atoms with van der Waals surface area (Å²) in [5.74, 6) is 0. The number of H-pyrrole nitrogens is 1. The number of nitrogens with zero attached hydrogens (tertiary/aromatic N) is 1. The zero-order valence-corrected chi connectivity index (χ0v) is 10.1. The Kier molecular flexibility index (Phi) is 2.53. The lowest BCUT2D eigenvalue weighted by molar-refractivity contribution is 0.691. The molecule has 1 aliphatic carbocycles. The molecule has 0 saturated heterocycles. The average molecular weight is 233 g/mol. The summed E-state index contributed by atoms with van der Waals surface area (Å²) in [4.78, 5) is 9.16. The second kappa shape index (κ2) is 4.03. The third-order valence-corrected chi connectivity index (χ3v) is 4.04. The maximum Gasteiger partial charge on any atom is 0.140 e. The van der Waals surface area contributed by atoms with Crippen molar-refractivity contribution < 1.29 is 0 Å². The van der Waals surface area contributed by atoms with E-state index in [1.807, 2.05) is 12.3 Å². The lowest BCUT2D eigenvalue weighted by Crippen LogP contribution is -2.14. The van der Waals surface area contributed by atoms with Crippen LogP contribution in [0.15, 0.2) is 18.3 Å². The van der Waals surface area contributed by atoms with Gasteiger partial charge in [-0.3, -0.25) is 0 Å². The molecule has 0 aliphatic heterocycles. The molecule has 1 aliphatic rings. The second-order valence-corrected chi connectivity index (χ2v) is 5.35. The fourth-order valence-corrected chi connectivity index (χ4v) is 2.70. The Hall–Kier alpha value is -1.13. The monoisotopic (exact) mass is 233 g/mol.